The first-order chi connectivity index (χ1) is 11.2. The van der Waals surface area contributed by atoms with Crippen molar-refractivity contribution in [1.82, 2.24) is 21.2 Å². The minimum atomic E-state index is -0.132. The number of pyridine rings is 1. The number of hydrazine groups is 1. The summed E-state index contributed by atoms with van der Waals surface area (Å²) in [5.74, 6) is 0.586. The van der Waals surface area contributed by atoms with Crippen LogP contribution in [0, 0.1) is 6.92 Å². The molecule has 2 aromatic rings. The van der Waals surface area contributed by atoms with Crippen molar-refractivity contribution in [2.24, 2.45) is 0 Å². The number of rotatable bonds is 4. The lowest BCUT2D eigenvalue weighted by atomic mass is 10.1. The molecule has 1 aliphatic rings. The standard InChI is InChI=1S/C17H20N4O2/c1-11-3-4-13(9-15(11)23-2)17(22)19-16-10-14(20-21-16)12-5-7-18-8-6-12/h3-9,14,16,20-21H,10H2,1-2H3,(H,19,22). The summed E-state index contributed by atoms with van der Waals surface area (Å²) in [7, 11) is 1.60. The molecule has 2 unspecified atom stereocenters. The van der Waals surface area contributed by atoms with Crippen molar-refractivity contribution in [2.75, 3.05) is 7.11 Å². The molecule has 6 nitrogen and oxygen atoms in total. The van der Waals surface area contributed by atoms with E-state index in [-0.39, 0.29) is 18.1 Å². The lowest BCUT2D eigenvalue weighted by molar-refractivity contribution is 0.0932. The zero-order valence-corrected chi connectivity index (χ0v) is 13.2. The molecule has 0 spiro atoms. The average Bonchev–Trinajstić information content (AvgIpc) is 3.04. The molecular weight excluding hydrogens is 292 g/mol. The molecule has 23 heavy (non-hydrogen) atoms. The van der Waals surface area contributed by atoms with Crippen molar-refractivity contribution >= 4 is 5.91 Å². The van der Waals surface area contributed by atoms with E-state index in [9.17, 15) is 4.79 Å². The van der Waals surface area contributed by atoms with Crippen molar-refractivity contribution in [3.63, 3.8) is 0 Å². The number of carbonyl (C=O) groups is 1. The van der Waals surface area contributed by atoms with Crippen LogP contribution in [0.2, 0.25) is 0 Å². The largest absolute Gasteiger partial charge is 0.496 e. The normalized spacial score (nSPS) is 20.3. The lowest BCUT2D eigenvalue weighted by Gasteiger charge is -2.13. The van der Waals surface area contributed by atoms with Crippen LogP contribution in [0.25, 0.3) is 0 Å². The van der Waals surface area contributed by atoms with E-state index in [1.807, 2.05) is 25.1 Å². The molecule has 3 N–H and O–H groups in total. The highest BCUT2D eigenvalue weighted by Crippen LogP contribution is 2.22. The zero-order valence-electron chi connectivity index (χ0n) is 13.2. The summed E-state index contributed by atoms with van der Waals surface area (Å²) >= 11 is 0. The Kier molecular flexibility index (Phi) is 4.55. The van der Waals surface area contributed by atoms with E-state index >= 15 is 0 Å². The van der Waals surface area contributed by atoms with Gasteiger partial charge in [0.1, 0.15) is 5.75 Å². The van der Waals surface area contributed by atoms with Crippen LogP contribution in [-0.4, -0.2) is 24.2 Å². The van der Waals surface area contributed by atoms with E-state index in [4.69, 9.17) is 4.74 Å². The number of aryl methyl sites for hydroxylation is 1. The van der Waals surface area contributed by atoms with Crippen molar-refractivity contribution in [3.8, 4) is 5.75 Å². The number of benzene rings is 1. The molecular formula is C17H20N4O2. The minimum Gasteiger partial charge on any atom is -0.496 e. The third-order valence-corrected chi connectivity index (χ3v) is 3.99. The number of carbonyl (C=O) groups excluding carboxylic acids is 1. The van der Waals surface area contributed by atoms with Gasteiger partial charge in [0.15, 0.2) is 0 Å². The zero-order chi connectivity index (χ0) is 16.2. The molecule has 1 aliphatic heterocycles. The molecule has 0 radical (unpaired) electrons. The first-order valence-electron chi connectivity index (χ1n) is 7.54. The van der Waals surface area contributed by atoms with Gasteiger partial charge in [-0.3, -0.25) is 9.78 Å². The van der Waals surface area contributed by atoms with Gasteiger partial charge in [-0.05, 0) is 42.3 Å². The van der Waals surface area contributed by atoms with E-state index in [0.29, 0.717) is 11.3 Å². The van der Waals surface area contributed by atoms with Crippen LogP contribution in [0.15, 0.2) is 42.7 Å². The van der Waals surface area contributed by atoms with Crippen LogP contribution in [0.5, 0.6) is 5.75 Å². The maximum atomic E-state index is 12.4. The summed E-state index contributed by atoms with van der Waals surface area (Å²) in [5, 5.41) is 2.98. The molecule has 2 heterocycles. The van der Waals surface area contributed by atoms with E-state index in [0.717, 1.165) is 17.5 Å². The number of methoxy groups -OCH3 is 1. The van der Waals surface area contributed by atoms with E-state index < -0.39 is 0 Å². The fraction of sp³-hybridized carbons (Fsp3) is 0.294. The highest BCUT2D eigenvalue weighted by molar-refractivity contribution is 5.94. The van der Waals surface area contributed by atoms with Crippen molar-refractivity contribution < 1.29 is 9.53 Å². The van der Waals surface area contributed by atoms with Crippen molar-refractivity contribution in [1.29, 1.82) is 0 Å². The maximum absolute atomic E-state index is 12.4. The second-order valence-corrected chi connectivity index (χ2v) is 5.57. The Hall–Kier alpha value is -2.44. The highest BCUT2D eigenvalue weighted by atomic mass is 16.5. The van der Waals surface area contributed by atoms with Crippen LogP contribution < -0.4 is 20.9 Å². The van der Waals surface area contributed by atoms with Gasteiger partial charge < -0.3 is 10.1 Å². The summed E-state index contributed by atoms with van der Waals surface area (Å²) in [6.45, 7) is 1.95. The number of ether oxygens (including phenoxy) is 1. The molecule has 0 bridgehead atoms. The fourth-order valence-electron chi connectivity index (χ4n) is 2.67. The molecule has 0 saturated carbocycles. The highest BCUT2D eigenvalue weighted by Gasteiger charge is 2.26. The Morgan fingerprint density at radius 3 is 2.78 bits per heavy atom. The number of nitrogens with zero attached hydrogens (tertiary/aromatic N) is 1. The second kappa shape index (κ2) is 6.76. The Morgan fingerprint density at radius 1 is 1.26 bits per heavy atom. The van der Waals surface area contributed by atoms with E-state index in [1.165, 1.54) is 0 Å². The minimum absolute atomic E-state index is 0.127. The Balaban J connectivity index is 1.63. The smallest absolute Gasteiger partial charge is 0.252 e. The third-order valence-electron chi connectivity index (χ3n) is 3.99. The Bertz CT molecular complexity index is 690. The fourth-order valence-corrected chi connectivity index (χ4v) is 2.67. The van der Waals surface area contributed by atoms with E-state index in [1.54, 1.807) is 31.6 Å². The summed E-state index contributed by atoms with van der Waals surface area (Å²) < 4.78 is 5.27. The monoisotopic (exact) mass is 312 g/mol. The topological polar surface area (TPSA) is 75.3 Å². The van der Waals surface area contributed by atoms with Gasteiger partial charge in [0, 0.05) is 30.4 Å². The first kappa shape index (κ1) is 15.5. The van der Waals surface area contributed by atoms with Gasteiger partial charge in [-0.2, -0.15) is 0 Å². The Labute approximate surface area is 135 Å². The number of hydrogen-bond donors (Lipinski definition) is 3. The average molecular weight is 312 g/mol. The number of aromatic nitrogens is 1. The second-order valence-electron chi connectivity index (χ2n) is 5.57. The summed E-state index contributed by atoms with van der Waals surface area (Å²) in [6, 6.07) is 9.52. The van der Waals surface area contributed by atoms with Crippen LogP contribution in [0.4, 0.5) is 0 Å². The summed E-state index contributed by atoms with van der Waals surface area (Å²) in [6.07, 6.45) is 4.16. The van der Waals surface area contributed by atoms with Gasteiger partial charge in [0.25, 0.3) is 5.91 Å². The molecule has 2 atom stereocenters. The molecule has 1 fully saturated rings. The van der Waals surface area contributed by atoms with Crippen LogP contribution in [-0.2, 0) is 0 Å². The van der Waals surface area contributed by atoms with Crippen molar-refractivity contribution in [2.45, 2.75) is 25.6 Å². The maximum Gasteiger partial charge on any atom is 0.252 e. The predicted molar refractivity (Wildman–Crippen MR) is 86.9 cm³/mol. The van der Waals surface area contributed by atoms with Gasteiger partial charge in [-0.25, -0.2) is 10.9 Å². The SMILES string of the molecule is COc1cc(C(=O)NC2CC(c3ccncc3)NN2)ccc1C. The van der Waals surface area contributed by atoms with Crippen LogP contribution in [0.3, 0.4) is 0 Å². The Morgan fingerprint density at radius 2 is 2.04 bits per heavy atom. The quantitative estimate of drug-likeness (QED) is 0.801. The van der Waals surface area contributed by atoms with Gasteiger partial charge in [-0.1, -0.05) is 6.07 Å². The number of hydrogen-bond acceptors (Lipinski definition) is 5. The van der Waals surface area contributed by atoms with Crippen LogP contribution >= 0.6 is 0 Å². The lowest BCUT2D eigenvalue weighted by Crippen LogP contribution is -2.44. The van der Waals surface area contributed by atoms with Gasteiger partial charge in [0.2, 0.25) is 0 Å². The van der Waals surface area contributed by atoms with Gasteiger partial charge in [0.05, 0.1) is 13.3 Å². The first-order valence-corrected chi connectivity index (χ1v) is 7.54. The van der Waals surface area contributed by atoms with E-state index in [2.05, 4.69) is 21.2 Å². The third kappa shape index (κ3) is 3.49. The summed E-state index contributed by atoms with van der Waals surface area (Å²) in [5.41, 5.74) is 9.03. The molecule has 1 aromatic carbocycles. The predicted octanol–water partition coefficient (Wildman–Crippen LogP) is 1.69. The van der Waals surface area contributed by atoms with Gasteiger partial charge in [-0.15, -0.1) is 0 Å². The summed E-state index contributed by atoms with van der Waals surface area (Å²) in [4.78, 5) is 16.4. The number of nitrogens with one attached hydrogen (secondary N) is 3. The molecule has 3 rings (SSSR count). The molecule has 1 aromatic heterocycles. The van der Waals surface area contributed by atoms with Crippen molar-refractivity contribution in [3.05, 3.63) is 59.4 Å². The van der Waals surface area contributed by atoms with Crippen LogP contribution in [0.1, 0.15) is 33.9 Å². The number of amides is 1. The molecule has 1 amide bonds. The molecule has 120 valence electrons. The molecule has 6 heteroatoms. The molecule has 0 aliphatic carbocycles. The molecule has 1 saturated heterocycles. The van der Waals surface area contributed by atoms with Gasteiger partial charge >= 0.3 is 0 Å².